The highest BCUT2D eigenvalue weighted by molar-refractivity contribution is 7.88. The molecule has 1 aliphatic heterocycles. The Bertz CT molecular complexity index is 929. The van der Waals surface area contributed by atoms with Crippen LogP contribution >= 0.6 is 11.6 Å². The Balaban J connectivity index is 1.59. The fraction of sp³-hybridized carbons (Fsp3) is 0.381. The van der Waals surface area contributed by atoms with Crippen molar-refractivity contribution in [3.63, 3.8) is 0 Å². The smallest absolute Gasteiger partial charge is 0.224 e. The average Bonchev–Trinajstić information content (AvgIpc) is 2.68. The largest absolute Gasteiger partial charge is 0.352 e. The lowest BCUT2D eigenvalue weighted by molar-refractivity contribution is -0.126. The lowest BCUT2D eigenvalue weighted by atomic mass is 9.98. The van der Waals surface area contributed by atoms with Crippen LogP contribution < -0.4 is 5.32 Å². The van der Waals surface area contributed by atoms with Gasteiger partial charge in [0.15, 0.2) is 0 Å². The summed E-state index contributed by atoms with van der Waals surface area (Å²) in [6.45, 7) is 3.15. The molecule has 1 amide bonds. The summed E-state index contributed by atoms with van der Waals surface area (Å²) < 4.78 is 27.0. The van der Waals surface area contributed by atoms with E-state index in [0.29, 0.717) is 36.5 Å². The second kappa shape index (κ2) is 9.07. The van der Waals surface area contributed by atoms with Crippen molar-refractivity contribution < 1.29 is 13.2 Å². The maximum Gasteiger partial charge on any atom is 0.224 e. The minimum Gasteiger partial charge on any atom is -0.352 e. The molecule has 3 rings (SSSR count). The number of rotatable bonds is 6. The molecule has 2 aromatic carbocycles. The van der Waals surface area contributed by atoms with Crippen molar-refractivity contribution in [2.45, 2.75) is 32.1 Å². The van der Waals surface area contributed by atoms with Crippen LogP contribution in [0.25, 0.3) is 0 Å². The first-order valence-corrected chi connectivity index (χ1v) is 11.4. The van der Waals surface area contributed by atoms with Crippen LogP contribution in [-0.2, 0) is 27.1 Å². The van der Waals surface area contributed by atoms with Gasteiger partial charge in [-0.2, -0.15) is 0 Å². The van der Waals surface area contributed by atoms with Gasteiger partial charge >= 0.3 is 0 Å². The van der Waals surface area contributed by atoms with E-state index in [-0.39, 0.29) is 24.1 Å². The average molecular weight is 421 g/mol. The van der Waals surface area contributed by atoms with Crippen molar-refractivity contribution in [1.82, 2.24) is 9.62 Å². The number of sulfonamides is 1. The molecule has 0 aliphatic carbocycles. The maximum atomic E-state index is 12.8. The quantitative estimate of drug-likeness (QED) is 0.777. The van der Waals surface area contributed by atoms with Crippen molar-refractivity contribution in [1.29, 1.82) is 0 Å². The number of nitrogens with zero attached hydrogens (tertiary/aromatic N) is 1. The topological polar surface area (TPSA) is 66.5 Å². The molecule has 1 heterocycles. The lowest BCUT2D eigenvalue weighted by Gasteiger charge is -2.31. The molecule has 0 unspecified atom stereocenters. The highest BCUT2D eigenvalue weighted by Gasteiger charge is 2.32. The number of benzene rings is 2. The molecular weight excluding hydrogens is 396 g/mol. The number of carbonyl (C=O) groups is 1. The summed E-state index contributed by atoms with van der Waals surface area (Å²) in [5.41, 5.74) is 2.87. The summed E-state index contributed by atoms with van der Waals surface area (Å²) in [4.78, 5) is 12.6. The van der Waals surface area contributed by atoms with E-state index in [0.717, 1.165) is 11.1 Å². The molecule has 5 nitrogen and oxygen atoms in total. The molecule has 2 aromatic rings. The Morgan fingerprint density at radius 3 is 2.64 bits per heavy atom. The Kier molecular flexibility index (Phi) is 6.75. The Morgan fingerprint density at radius 2 is 1.93 bits per heavy atom. The zero-order valence-electron chi connectivity index (χ0n) is 15.9. The van der Waals surface area contributed by atoms with Crippen LogP contribution in [0.3, 0.4) is 0 Å². The van der Waals surface area contributed by atoms with Crippen LogP contribution in [-0.4, -0.2) is 31.7 Å². The molecular formula is C21H25ClN2O3S. The lowest BCUT2D eigenvalue weighted by Crippen LogP contribution is -2.45. The van der Waals surface area contributed by atoms with Crippen LogP contribution in [0.1, 0.15) is 29.5 Å². The second-order valence-corrected chi connectivity index (χ2v) is 9.69. The summed E-state index contributed by atoms with van der Waals surface area (Å²) in [7, 11) is -3.48. The molecule has 0 aromatic heterocycles. The molecule has 7 heteroatoms. The van der Waals surface area contributed by atoms with Gasteiger partial charge in [0.05, 0.1) is 11.7 Å². The van der Waals surface area contributed by atoms with Crippen LogP contribution in [0.15, 0.2) is 48.5 Å². The van der Waals surface area contributed by atoms with Crippen molar-refractivity contribution in [3.8, 4) is 0 Å². The fourth-order valence-corrected chi connectivity index (χ4v) is 5.18. The summed E-state index contributed by atoms with van der Waals surface area (Å²) in [6.07, 6.45) is 1.38. The summed E-state index contributed by atoms with van der Waals surface area (Å²) in [5.74, 6) is -0.492. The van der Waals surface area contributed by atoms with E-state index in [9.17, 15) is 13.2 Å². The van der Waals surface area contributed by atoms with Crippen LogP contribution in [0.4, 0.5) is 0 Å². The van der Waals surface area contributed by atoms with E-state index in [4.69, 9.17) is 11.6 Å². The van der Waals surface area contributed by atoms with E-state index in [2.05, 4.69) is 5.32 Å². The van der Waals surface area contributed by atoms with Gasteiger partial charge in [0, 0.05) is 24.7 Å². The number of halogens is 1. The van der Waals surface area contributed by atoms with Gasteiger partial charge in [-0.3, -0.25) is 4.79 Å². The van der Waals surface area contributed by atoms with E-state index >= 15 is 0 Å². The van der Waals surface area contributed by atoms with Gasteiger partial charge in [0.2, 0.25) is 15.9 Å². The Hall–Kier alpha value is -1.89. The van der Waals surface area contributed by atoms with Gasteiger partial charge < -0.3 is 5.32 Å². The Labute approximate surface area is 171 Å². The number of hydrogen-bond acceptors (Lipinski definition) is 3. The monoisotopic (exact) mass is 420 g/mol. The molecule has 150 valence electrons. The van der Waals surface area contributed by atoms with E-state index in [1.807, 2.05) is 31.2 Å². The van der Waals surface area contributed by atoms with Gasteiger partial charge in [-0.25, -0.2) is 12.7 Å². The van der Waals surface area contributed by atoms with Crippen molar-refractivity contribution in [2.75, 3.05) is 13.1 Å². The van der Waals surface area contributed by atoms with Gasteiger partial charge in [-0.15, -0.1) is 0 Å². The van der Waals surface area contributed by atoms with Crippen molar-refractivity contribution >= 4 is 27.5 Å². The number of piperidine rings is 1. The minimum absolute atomic E-state index is 0.0815. The zero-order chi connectivity index (χ0) is 20.1. The van der Waals surface area contributed by atoms with E-state index < -0.39 is 10.0 Å². The fourth-order valence-electron chi connectivity index (χ4n) is 3.45. The van der Waals surface area contributed by atoms with E-state index in [1.165, 1.54) is 4.31 Å². The molecule has 28 heavy (non-hydrogen) atoms. The molecule has 0 spiro atoms. The number of hydrogen-bond donors (Lipinski definition) is 1. The van der Waals surface area contributed by atoms with Crippen molar-refractivity contribution in [2.24, 2.45) is 5.92 Å². The first-order valence-electron chi connectivity index (χ1n) is 9.39. The predicted molar refractivity (Wildman–Crippen MR) is 111 cm³/mol. The number of aryl methyl sites for hydroxylation is 1. The molecule has 1 fully saturated rings. The molecule has 0 radical (unpaired) electrons. The number of carbonyl (C=O) groups excluding carboxylic acids is 1. The third-order valence-corrected chi connectivity index (χ3v) is 7.03. The van der Waals surface area contributed by atoms with Gasteiger partial charge in [-0.1, -0.05) is 53.6 Å². The second-order valence-electron chi connectivity index (χ2n) is 7.29. The van der Waals surface area contributed by atoms with Crippen molar-refractivity contribution in [3.05, 3.63) is 70.2 Å². The molecule has 0 saturated carbocycles. The third-order valence-electron chi connectivity index (χ3n) is 4.96. The normalized spacial score (nSPS) is 18.0. The van der Waals surface area contributed by atoms with Gasteiger partial charge in [-0.05, 0) is 43.0 Å². The SMILES string of the molecule is Cc1cccc(CNC(=O)[C@H]2CCCN(S(=O)(=O)Cc3ccc(Cl)cc3)C2)c1. The third kappa shape index (κ3) is 5.56. The van der Waals surface area contributed by atoms with Gasteiger partial charge in [0.25, 0.3) is 0 Å². The standard InChI is InChI=1S/C21H25ClN2O3S/c1-16-4-2-5-18(12-16)13-23-21(25)19-6-3-11-24(14-19)28(26,27)15-17-7-9-20(22)10-8-17/h2,4-5,7-10,12,19H,3,6,11,13-15H2,1H3,(H,23,25)/t19-/m0/s1. The number of nitrogens with one attached hydrogen (secondary N) is 1. The zero-order valence-corrected chi connectivity index (χ0v) is 17.5. The van der Waals surface area contributed by atoms with Crippen LogP contribution in [0.5, 0.6) is 0 Å². The number of amides is 1. The summed E-state index contributed by atoms with van der Waals surface area (Å²) >= 11 is 5.86. The minimum atomic E-state index is -3.48. The molecule has 1 atom stereocenters. The highest BCUT2D eigenvalue weighted by Crippen LogP contribution is 2.22. The Morgan fingerprint density at radius 1 is 1.18 bits per heavy atom. The first-order chi connectivity index (χ1) is 13.3. The highest BCUT2D eigenvalue weighted by atomic mass is 35.5. The van der Waals surface area contributed by atoms with Gasteiger partial charge in [0.1, 0.15) is 0 Å². The first kappa shape index (κ1) is 20.8. The molecule has 0 bridgehead atoms. The summed E-state index contributed by atoms with van der Waals surface area (Å²) in [5, 5.41) is 3.52. The maximum absolute atomic E-state index is 12.8. The molecule has 1 aliphatic rings. The van der Waals surface area contributed by atoms with Crippen LogP contribution in [0.2, 0.25) is 5.02 Å². The molecule has 1 saturated heterocycles. The summed E-state index contributed by atoms with van der Waals surface area (Å²) in [6, 6.07) is 14.8. The predicted octanol–water partition coefficient (Wildman–Crippen LogP) is 3.51. The van der Waals surface area contributed by atoms with E-state index in [1.54, 1.807) is 24.3 Å². The molecule has 1 N–H and O–H groups in total. The van der Waals surface area contributed by atoms with Crippen LogP contribution in [0, 0.1) is 12.8 Å².